The molecule has 0 radical (unpaired) electrons. The predicted molar refractivity (Wildman–Crippen MR) is 80.5 cm³/mol. The summed E-state index contributed by atoms with van der Waals surface area (Å²) in [4.78, 5) is 2.71. The highest BCUT2D eigenvalue weighted by atomic mass is 15.2. The van der Waals surface area contributed by atoms with E-state index >= 15 is 0 Å². The second-order valence-electron chi connectivity index (χ2n) is 6.60. The second-order valence-corrected chi connectivity index (χ2v) is 6.60. The molecule has 19 heavy (non-hydrogen) atoms. The van der Waals surface area contributed by atoms with E-state index in [1.165, 1.54) is 44.3 Å². The van der Waals surface area contributed by atoms with Crippen molar-refractivity contribution in [2.45, 2.75) is 51.1 Å². The number of hydrogen-bond acceptors (Lipinski definition) is 2. The predicted octanol–water partition coefficient (Wildman–Crippen LogP) is 3.06. The monoisotopic (exact) mass is 258 g/mol. The van der Waals surface area contributed by atoms with Crippen molar-refractivity contribution in [3.05, 3.63) is 34.9 Å². The number of rotatable bonds is 2. The Labute approximate surface area is 117 Å². The van der Waals surface area contributed by atoms with Crippen LogP contribution in [0.1, 0.15) is 48.9 Å². The Balaban J connectivity index is 1.75. The summed E-state index contributed by atoms with van der Waals surface area (Å²) in [5, 5.41) is 3.49. The summed E-state index contributed by atoms with van der Waals surface area (Å²) in [7, 11) is 2.10. The first-order chi connectivity index (χ1) is 9.11. The van der Waals surface area contributed by atoms with E-state index in [9.17, 15) is 0 Å². The molecule has 0 aromatic heterocycles. The van der Waals surface area contributed by atoms with Gasteiger partial charge >= 0.3 is 0 Å². The summed E-state index contributed by atoms with van der Waals surface area (Å²) in [5.74, 6) is 0. The second kappa shape index (κ2) is 4.92. The zero-order chi connectivity index (χ0) is 13.5. The molecule has 0 saturated carbocycles. The van der Waals surface area contributed by atoms with Crippen LogP contribution >= 0.6 is 0 Å². The average Bonchev–Trinajstić information content (AvgIpc) is 2.83. The smallest absolute Gasteiger partial charge is 0.0354 e. The van der Waals surface area contributed by atoms with Crippen molar-refractivity contribution in [1.82, 2.24) is 10.2 Å². The molecule has 0 amide bonds. The number of benzene rings is 1. The summed E-state index contributed by atoms with van der Waals surface area (Å²) in [6, 6.07) is 7.69. The molecule has 1 unspecified atom stereocenters. The SMILES string of the molecule is CNC1(C)CCN(C2CCc3ccc(C)cc32)CC1. The van der Waals surface area contributed by atoms with Crippen molar-refractivity contribution in [3.8, 4) is 0 Å². The van der Waals surface area contributed by atoms with E-state index in [0.717, 1.165) is 0 Å². The fourth-order valence-corrected chi connectivity index (χ4v) is 3.66. The number of piperidine rings is 1. The molecular formula is C17H26N2. The minimum absolute atomic E-state index is 0.352. The van der Waals surface area contributed by atoms with E-state index < -0.39 is 0 Å². The van der Waals surface area contributed by atoms with Gasteiger partial charge in [0.05, 0.1) is 0 Å². The quantitative estimate of drug-likeness (QED) is 0.877. The third-order valence-corrected chi connectivity index (χ3v) is 5.29. The minimum atomic E-state index is 0.352. The number of nitrogens with one attached hydrogen (secondary N) is 1. The third-order valence-electron chi connectivity index (χ3n) is 5.29. The Morgan fingerprint density at radius 1 is 1.26 bits per heavy atom. The zero-order valence-corrected chi connectivity index (χ0v) is 12.5. The van der Waals surface area contributed by atoms with Crippen molar-refractivity contribution in [3.63, 3.8) is 0 Å². The molecule has 1 aliphatic carbocycles. The van der Waals surface area contributed by atoms with Crippen LogP contribution in [0.3, 0.4) is 0 Å². The van der Waals surface area contributed by atoms with Crippen LogP contribution in [0, 0.1) is 6.92 Å². The summed E-state index contributed by atoms with van der Waals surface area (Å²) >= 11 is 0. The Morgan fingerprint density at radius 3 is 2.68 bits per heavy atom. The van der Waals surface area contributed by atoms with Crippen LogP contribution in [-0.2, 0) is 6.42 Å². The maximum absolute atomic E-state index is 3.49. The molecule has 1 saturated heterocycles. The van der Waals surface area contributed by atoms with Gasteiger partial charge in [0.15, 0.2) is 0 Å². The number of nitrogens with zero attached hydrogens (tertiary/aromatic N) is 1. The van der Waals surface area contributed by atoms with Gasteiger partial charge in [-0.05, 0) is 57.7 Å². The molecule has 1 atom stereocenters. The maximum Gasteiger partial charge on any atom is 0.0354 e. The van der Waals surface area contributed by atoms with Crippen LogP contribution in [0.4, 0.5) is 0 Å². The minimum Gasteiger partial charge on any atom is -0.314 e. The largest absolute Gasteiger partial charge is 0.314 e. The van der Waals surface area contributed by atoms with Crippen molar-refractivity contribution in [1.29, 1.82) is 0 Å². The van der Waals surface area contributed by atoms with E-state index in [1.807, 2.05) is 0 Å². The summed E-state index contributed by atoms with van der Waals surface area (Å²) in [6.07, 6.45) is 5.11. The highest BCUT2D eigenvalue weighted by Gasteiger charge is 2.34. The van der Waals surface area contributed by atoms with Gasteiger partial charge < -0.3 is 5.32 Å². The van der Waals surface area contributed by atoms with Crippen molar-refractivity contribution >= 4 is 0 Å². The van der Waals surface area contributed by atoms with E-state index in [4.69, 9.17) is 0 Å². The number of hydrogen-bond donors (Lipinski definition) is 1. The molecule has 1 N–H and O–H groups in total. The summed E-state index contributed by atoms with van der Waals surface area (Å²) in [5.41, 5.74) is 4.94. The van der Waals surface area contributed by atoms with Crippen molar-refractivity contribution in [2.75, 3.05) is 20.1 Å². The fourth-order valence-electron chi connectivity index (χ4n) is 3.66. The van der Waals surface area contributed by atoms with E-state index in [-0.39, 0.29) is 0 Å². The van der Waals surface area contributed by atoms with Gasteiger partial charge in [0.1, 0.15) is 0 Å². The molecular weight excluding hydrogens is 232 g/mol. The molecule has 2 nitrogen and oxygen atoms in total. The van der Waals surface area contributed by atoms with Crippen LogP contribution in [0.5, 0.6) is 0 Å². The molecule has 2 heteroatoms. The maximum atomic E-state index is 3.49. The highest BCUT2D eigenvalue weighted by molar-refractivity contribution is 5.37. The average molecular weight is 258 g/mol. The van der Waals surface area contributed by atoms with Gasteiger partial charge in [-0.1, -0.05) is 23.8 Å². The standard InChI is InChI=1S/C17H26N2/c1-13-4-5-14-6-7-16(15(14)12-13)19-10-8-17(2,18-3)9-11-19/h4-5,12,16,18H,6-11H2,1-3H3. The van der Waals surface area contributed by atoms with Gasteiger partial charge in [0, 0.05) is 24.7 Å². The number of fused-ring (bicyclic) bond motifs is 1. The first-order valence-corrected chi connectivity index (χ1v) is 7.64. The first-order valence-electron chi connectivity index (χ1n) is 7.64. The normalized spacial score (nSPS) is 26.4. The number of aryl methyl sites for hydroxylation is 2. The van der Waals surface area contributed by atoms with Gasteiger partial charge in [0.2, 0.25) is 0 Å². The van der Waals surface area contributed by atoms with Crippen LogP contribution in [0.2, 0.25) is 0 Å². The van der Waals surface area contributed by atoms with Crippen molar-refractivity contribution in [2.24, 2.45) is 0 Å². The summed E-state index contributed by atoms with van der Waals surface area (Å²) in [6.45, 7) is 7.03. The topological polar surface area (TPSA) is 15.3 Å². The highest BCUT2D eigenvalue weighted by Crippen LogP contribution is 2.38. The van der Waals surface area contributed by atoms with E-state index in [0.29, 0.717) is 11.6 Å². The number of likely N-dealkylation sites (tertiary alicyclic amines) is 1. The van der Waals surface area contributed by atoms with Gasteiger partial charge in [-0.25, -0.2) is 0 Å². The van der Waals surface area contributed by atoms with Gasteiger partial charge in [0.25, 0.3) is 0 Å². The van der Waals surface area contributed by atoms with Gasteiger partial charge in [-0.2, -0.15) is 0 Å². The molecule has 0 spiro atoms. The van der Waals surface area contributed by atoms with Crippen LogP contribution in [0.15, 0.2) is 18.2 Å². The Hall–Kier alpha value is -0.860. The lowest BCUT2D eigenvalue weighted by molar-refractivity contribution is 0.110. The van der Waals surface area contributed by atoms with Gasteiger partial charge in [-0.3, -0.25) is 4.90 Å². The molecule has 1 fully saturated rings. The van der Waals surface area contributed by atoms with E-state index in [2.05, 4.69) is 49.3 Å². The van der Waals surface area contributed by atoms with Crippen LogP contribution in [0.25, 0.3) is 0 Å². The molecule has 3 rings (SSSR count). The van der Waals surface area contributed by atoms with Crippen LogP contribution in [-0.4, -0.2) is 30.6 Å². The van der Waals surface area contributed by atoms with Gasteiger partial charge in [-0.15, -0.1) is 0 Å². The molecule has 0 bridgehead atoms. The summed E-state index contributed by atoms with van der Waals surface area (Å²) < 4.78 is 0. The van der Waals surface area contributed by atoms with E-state index in [1.54, 1.807) is 11.1 Å². The molecule has 1 aromatic rings. The Kier molecular flexibility index (Phi) is 3.40. The zero-order valence-electron chi connectivity index (χ0n) is 12.5. The fraction of sp³-hybridized carbons (Fsp3) is 0.647. The first kappa shape index (κ1) is 13.1. The third kappa shape index (κ3) is 2.44. The Morgan fingerprint density at radius 2 is 2.00 bits per heavy atom. The molecule has 104 valence electrons. The molecule has 1 aromatic carbocycles. The molecule has 1 aliphatic heterocycles. The lowest BCUT2D eigenvalue weighted by atomic mass is 9.88. The Bertz CT molecular complexity index is 458. The van der Waals surface area contributed by atoms with Crippen molar-refractivity contribution < 1.29 is 0 Å². The lowest BCUT2D eigenvalue weighted by Gasteiger charge is -2.42. The van der Waals surface area contributed by atoms with Crippen LogP contribution < -0.4 is 5.32 Å². The molecule has 2 aliphatic rings. The molecule has 1 heterocycles. The lowest BCUT2D eigenvalue weighted by Crippen LogP contribution is -2.50.